The van der Waals surface area contributed by atoms with Gasteiger partial charge in [0, 0.05) is 12.5 Å². The van der Waals surface area contributed by atoms with E-state index in [1.807, 2.05) is 13.8 Å². The third-order valence-corrected chi connectivity index (χ3v) is 3.46. The third kappa shape index (κ3) is 15.4. The first-order valence-electron chi connectivity index (χ1n) is 8.46. The molecule has 2 heteroatoms. The van der Waals surface area contributed by atoms with Gasteiger partial charge in [-0.1, -0.05) is 71.1 Å². The van der Waals surface area contributed by atoms with Gasteiger partial charge < -0.3 is 5.32 Å². The van der Waals surface area contributed by atoms with Crippen molar-refractivity contribution in [3.8, 4) is 0 Å². The Morgan fingerprint density at radius 2 is 1.21 bits per heavy atom. The molecule has 0 aliphatic heterocycles. The summed E-state index contributed by atoms with van der Waals surface area (Å²) in [5.74, 6) is 0.214. The van der Waals surface area contributed by atoms with Crippen LogP contribution >= 0.6 is 0 Å². The van der Waals surface area contributed by atoms with Gasteiger partial charge in [-0.25, -0.2) is 0 Å². The minimum atomic E-state index is 0.214. The second-order valence-electron chi connectivity index (χ2n) is 6.01. The summed E-state index contributed by atoms with van der Waals surface area (Å²) in [6, 6.07) is 0.278. The van der Waals surface area contributed by atoms with Crippen molar-refractivity contribution in [3.05, 3.63) is 0 Å². The fourth-order valence-corrected chi connectivity index (χ4v) is 2.34. The predicted molar refractivity (Wildman–Crippen MR) is 84.4 cm³/mol. The van der Waals surface area contributed by atoms with E-state index < -0.39 is 0 Å². The van der Waals surface area contributed by atoms with Crippen molar-refractivity contribution in [2.45, 2.75) is 104 Å². The molecular formula is C17H35NO. The van der Waals surface area contributed by atoms with Crippen molar-refractivity contribution in [1.82, 2.24) is 5.32 Å². The molecule has 0 unspecified atom stereocenters. The Morgan fingerprint density at radius 1 is 0.789 bits per heavy atom. The van der Waals surface area contributed by atoms with E-state index in [9.17, 15) is 4.79 Å². The minimum Gasteiger partial charge on any atom is -0.354 e. The lowest BCUT2D eigenvalue weighted by Crippen LogP contribution is -2.29. The highest BCUT2D eigenvalue weighted by atomic mass is 16.1. The molecule has 0 radical (unpaired) electrons. The van der Waals surface area contributed by atoms with E-state index in [1.54, 1.807) is 0 Å². The summed E-state index contributed by atoms with van der Waals surface area (Å²) in [5.41, 5.74) is 0. The van der Waals surface area contributed by atoms with Gasteiger partial charge in [0.1, 0.15) is 0 Å². The number of hydrogen-bond donors (Lipinski definition) is 1. The maximum atomic E-state index is 11.4. The largest absolute Gasteiger partial charge is 0.354 e. The maximum absolute atomic E-state index is 11.4. The summed E-state index contributed by atoms with van der Waals surface area (Å²) >= 11 is 0. The van der Waals surface area contributed by atoms with Gasteiger partial charge in [0.05, 0.1) is 0 Å². The highest BCUT2D eigenvalue weighted by molar-refractivity contribution is 5.76. The van der Waals surface area contributed by atoms with Crippen LogP contribution in [0.15, 0.2) is 0 Å². The van der Waals surface area contributed by atoms with E-state index in [4.69, 9.17) is 0 Å². The van der Waals surface area contributed by atoms with Crippen LogP contribution in [0.4, 0.5) is 0 Å². The highest BCUT2D eigenvalue weighted by Crippen LogP contribution is 2.11. The molecule has 0 atom stereocenters. The Kier molecular flexibility index (Phi) is 13.5. The average molecular weight is 269 g/mol. The van der Waals surface area contributed by atoms with Gasteiger partial charge in [0.2, 0.25) is 5.91 Å². The molecule has 0 spiro atoms. The number of carbonyl (C=O) groups is 1. The molecule has 114 valence electrons. The predicted octanol–water partition coefficient (Wildman–Crippen LogP) is 5.21. The van der Waals surface area contributed by atoms with Crippen molar-refractivity contribution < 1.29 is 4.79 Å². The minimum absolute atomic E-state index is 0.214. The highest BCUT2D eigenvalue weighted by Gasteiger charge is 2.02. The van der Waals surface area contributed by atoms with E-state index >= 15 is 0 Å². The monoisotopic (exact) mass is 269 g/mol. The standard InChI is InChI=1S/C17H35NO/c1-4-5-6-7-8-9-10-11-12-13-14-15-17(19)18-16(2)3/h16H,4-15H2,1-3H3,(H,18,19). The van der Waals surface area contributed by atoms with E-state index in [0.29, 0.717) is 6.42 Å². The number of nitrogens with one attached hydrogen (secondary N) is 1. The van der Waals surface area contributed by atoms with Gasteiger partial charge in [-0.15, -0.1) is 0 Å². The average Bonchev–Trinajstić information content (AvgIpc) is 2.35. The van der Waals surface area contributed by atoms with Gasteiger partial charge in [-0.05, 0) is 20.3 Å². The summed E-state index contributed by atoms with van der Waals surface area (Å²) in [4.78, 5) is 11.4. The summed E-state index contributed by atoms with van der Waals surface area (Å²) in [6.45, 7) is 6.29. The van der Waals surface area contributed by atoms with Crippen molar-refractivity contribution in [2.24, 2.45) is 0 Å². The first-order valence-corrected chi connectivity index (χ1v) is 8.46. The Bertz CT molecular complexity index is 201. The normalized spacial score (nSPS) is 10.9. The quantitative estimate of drug-likeness (QED) is 0.457. The molecule has 0 heterocycles. The van der Waals surface area contributed by atoms with E-state index in [-0.39, 0.29) is 11.9 Å². The zero-order valence-electron chi connectivity index (χ0n) is 13.5. The molecular weight excluding hydrogens is 234 g/mol. The molecule has 0 aromatic rings. The van der Waals surface area contributed by atoms with Crippen molar-refractivity contribution >= 4 is 5.91 Å². The molecule has 0 saturated carbocycles. The zero-order chi connectivity index (χ0) is 14.3. The van der Waals surface area contributed by atoms with Gasteiger partial charge >= 0.3 is 0 Å². The number of amides is 1. The van der Waals surface area contributed by atoms with Crippen LogP contribution in [-0.2, 0) is 4.79 Å². The Hall–Kier alpha value is -0.530. The van der Waals surface area contributed by atoms with Gasteiger partial charge in [-0.2, -0.15) is 0 Å². The summed E-state index contributed by atoms with van der Waals surface area (Å²) in [5, 5.41) is 2.94. The first-order chi connectivity index (χ1) is 9.16. The van der Waals surface area contributed by atoms with E-state index in [2.05, 4.69) is 12.2 Å². The maximum Gasteiger partial charge on any atom is 0.220 e. The second-order valence-corrected chi connectivity index (χ2v) is 6.01. The van der Waals surface area contributed by atoms with Crippen LogP contribution < -0.4 is 5.32 Å². The smallest absolute Gasteiger partial charge is 0.220 e. The summed E-state index contributed by atoms with van der Waals surface area (Å²) in [6.07, 6.45) is 15.4. The summed E-state index contributed by atoms with van der Waals surface area (Å²) < 4.78 is 0. The van der Waals surface area contributed by atoms with Crippen LogP contribution in [-0.4, -0.2) is 11.9 Å². The number of carbonyl (C=O) groups excluding carboxylic acids is 1. The SMILES string of the molecule is CCCCCCCCCCCCCC(=O)NC(C)C. The number of unbranched alkanes of at least 4 members (excludes halogenated alkanes) is 10. The Morgan fingerprint density at radius 3 is 1.63 bits per heavy atom. The van der Waals surface area contributed by atoms with Crippen molar-refractivity contribution in [3.63, 3.8) is 0 Å². The lowest BCUT2D eigenvalue weighted by atomic mass is 10.1. The molecule has 19 heavy (non-hydrogen) atoms. The van der Waals surface area contributed by atoms with Gasteiger partial charge in [-0.3, -0.25) is 4.79 Å². The molecule has 0 aromatic carbocycles. The van der Waals surface area contributed by atoms with Crippen LogP contribution in [0, 0.1) is 0 Å². The van der Waals surface area contributed by atoms with Crippen LogP contribution in [0.25, 0.3) is 0 Å². The lowest BCUT2D eigenvalue weighted by Gasteiger charge is -2.07. The second kappa shape index (κ2) is 13.9. The molecule has 0 fully saturated rings. The Labute approximate surface area is 120 Å². The molecule has 1 N–H and O–H groups in total. The molecule has 2 nitrogen and oxygen atoms in total. The fourth-order valence-electron chi connectivity index (χ4n) is 2.34. The van der Waals surface area contributed by atoms with Crippen molar-refractivity contribution in [2.75, 3.05) is 0 Å². The van der Waals surface area contributed by atoms with Crippen LogP contribution in [0.5, 0.6) is 0 Å². The molecule has 0 aliphatic carbocycles. The molecule has 1 amide bonds. The first kappa shape index (κ1) is 18.5. The zero-order valence-corrected chi connectivity index (χ0v) is 13.5. The third-order valence-electron chi connectivity index (χ3n) is 3.46. The molecule has 0 aliphatic rings. The molecule has 0 rings (SSSR count). The topological polar surface area (TPSA) is 29.1 Å². The van der Waals surface area contributed by atoms with Gasteiger partial charge in [0.25, 0.3) is 0 Å². The van der Waals surface area contributed by atoms with Crippen LogP contribution in [0.3, 0.4) is 0 Å². The van der Waals surface area contributed by atoms with E-state index in [0.717, 1.165) is 6.42 Å². The van der Waals surface area contributed by atoms with Gasteiger partial charge in [0.15, 0.2) is 0 Å². The van der Waals surface area contributed by atoms with Crippen molar-refractivity contribution in [1.29, 1.82) is 0 Å². The lowest BCUT2D eigenvalue weighted by molar-refractivity contribution is -0.121. The van der Waals surface area contributed by atoms with Crippen LogP contribution in [0.1, 0.15) is 97.8 Å². The molecule has 0 bridgehead atoms. The summed E-state index contributed by atoms with van der Waals surface area (Å²) in [7, 11) is 0. The molecule has 0 saturated heterocycles. The number of rotatable bonds is 13. The number of hydrogen-bond acceptors (Lipinski definition) is 1. The van der Waals surface area contributed by atoms with E-state index in [1.165, 1.54) is 64.2 Å². The van der Waals surface area contributed by atoms with Crippen LogP contribution in [0.2, 0.25) is 0 Å². The Balaban J connectivity index is 3.08. The molecule has 0 aromatic heterocycles. The fraction of sp³-hybridized carbons (Fsp3) is 0.941.